The second-order valence-corrected chi connectivity index (χ2v) is 6.72. The quantitative estimate of drug-likeness (QED) is 0.603. The number of hydrogen-bond acceptors (Lipinski definition) is 6. The molecule has 0 aliphatic heterocycles. The summed E-state index contributed by atoms with van der Waals surface area (Å²) in [6, 6.07) is 11.2. The van der Waals surface area contributed by atoms with Crippen molar-refractivity contribution < 1.29 is 19.1 Å². The molecule has 0 radical (unpaired) electrons. The Labute approximate surface area is 172 Å². The number of ether oxygens (including phenoxy) is 1. The van der Waals surface area contributed by atoms with Crippen molar-refractivity contribution in [2.24, 2.45) is 5.73 Å². The molecule has 0 fully saturated rings. The number of aromatic nitrogens is 3. The average molecular weight is 407 g/mol. The molecule has 0 aliphatic carbocycles. The van der Waals surface area contributed by atoms with Crippen LogP contribution in [-0.2, 0) is 9.53 Å². The second kappa shape index (κ2) is 8.56. The van der Waals surface area contributed by atoms with Crippen molar-refractivity contribution in [2.45, 2.75) is 26.9 Å². The van der Waals surface area contributed by atoms with E-state index in [9.17, 15) is 14.4 Å². The van der Waals surface area contributed by atoms with E-state index in [0.29, 0.717) is 17.1 Å². The van der Waals surface area contributed by atoms with E-state index in [1.54, 1.807) is 16.8 Å². The van der Waals surface area contributed by atoms with E-state index in [0.717, 1.165) is 11.4 Å². The topological polar surface area (TPSA) is 129 Å². The summed E-state index contributed by atoms with van der Waals surface area (Å²) < 4.78 is 6.89. The molecule has 1 unspecified atom stereocenters. The molecule has 2 aromatic heterocycles. The van der Waals surface area contributed by atoms with Crippen LogP contribution in [0.5, 0.6) is 0 Å². The maximum absolute atomic E-state index is 12.3. The van der Waals surface area contributed by atoms with Gasteiger partial charge in [-0.15, -0.1) is 0 Å². The molecule has 30 heavy (non-hydrogen) atoms. The number of benzene rings is 1. The van der Waals surface area contributed by atoms with Crippen LogP contribution in [0, 0.1) is 13.8 Å². The van der Waals surface area contributed by atoms with Gasteiger partial charge in [0.25, 0.3) is 5.91 Å². The molecule has 3 N–H and O–H groups in total. The van der Waals surface area contributed by atoms with Gasteiger partial charge in [0, 0.05) is 23.1 Å². The molecule has 1 atom stereocenters. The van der Waals surface area contributed by atoms with Crippen LogP contribution in [0.25, 0.3) is 5.82 Å². The Kier molecular flexibility index (Phi) is 5.91. The molecule has 2 heterocycles. The molecule has 3 rings (SSSR count). The molecule has 0 bridgehead atoms. The molecule has 2 amide bonds. The number of carbonyl (C=O) groups is 3. The number of pyridine rings is 1. The standard InChI is InChI=1S/C21H21N5O4/c1-12-10-13(2)26(25-12)18-9-6-16(11-23-18)21(29)30-14(3)20(28)24-17-7-4-15(5-8-17)19(22)27/h4-11,14H,1-3H3,(H2,22,27)(H,24,28). The summed E-state index contributed by atoms with van der Waals surface area (Å²) in [6.45, 7) is 5.25. The third-order valence-corrected chi connectivity index (χ3v) is 4.30. The van der Waals surface area contributed by atoms with Crippen molar-refractivity contribution in [2.75, 3.05) is 5.32 Å². The van der Waals surface area contributed by atoms with E-state index >= 15 is 0 Å². The lowest BCUT2D eigenvalue weighted by molar-refractivity contribution is -0.123. The molecule has 9 heteroatoms. The number of anilines is 1. The first-order valence-corrected chi connectivity index (χ1v) is 9.16. The van der Waals surface area contributed by atoms with E-state index in [4.69, 9.17) is 10.5 Å². The lowest BCUT2D eigenvalue weighted by Gasteiger charge is -2.14. The molecule has 9 nitrogen and oxygen atoms in total. The lowest BCUT2D eigenvalue weighted by Crippen LogP contribution is -2.30. The highest BCUT2D eigenvalue weighted by atomic mass is 16.5. The summed E-state index contributed by atoms with van der Waals surface area (Å²) in [7, 11) is 0. The van der Waals surface area contributed by atoms with E-state index in [1.807, 2.05) is 19.9 Å². The Hall–Kier alpha value is -4.01. The van der Waals surface area contributed by atoms with Crippen LogP contribution < -0.4 is 11.1 Å². The zero-order valence-corrected chi connectivity index (χ0v) is 16.7. The summed E-state index contributed by atoms with van der Waals surface area (Å²) in [5.74, 6) is -1.17. The number of esters is 1. The van der Waals surface area contributed by atoms with Gasteiger partial charge in [-0.2, -0.15) is 5.10 Å². The number of nitrogens with two attached hydrogens (primary N) is 1. The zero-order valence-electron chi connectivity index (χ0n) is 16.7. The van der Waals surface area contributed by atoms with Crippen molar-refractivity contribution in [3.8, 4) is 5.82 Å². The first kappa shape index (κ1) is 20.7. The Morgan fingerprint density at radius 3 is 2.27 bits per heavy atom. The third-order valence-electron chi connectivity index (χ3n) is 4.30. The summed E-state index contributed by atoms with van der Waals surface area (Å²) in [5.41, 5.74) is 7.95. The number of primary amides is 1. The van der Waals surface area contributed by atoms with Gasteiger partial charge >= 0.3 is 5.97 Å². The molecular weight excluding hydrogens is 386 g/mol. The summed E-state index contributed by atoms with van der Waals surface area (Å²) in [6.07, 6.45) is 0.338. The molecule has 0 saturated heterocycles. The van der Waals surface area contributed by atoms with Crippen molar-refractivity contribution in [3.63, 3.8) is 0 Å². The molecule has 0 aliphatic rings. The van der Waals surface area contributed by atoms with Gasteiger partial charge in [0.15, 0.2) is 11.9 Å². The Balaban J connectivity index is 1.61. The van der Waals surface area contributed by atoms with Crippen molar-refractivity contribution in [1.82, 2.24) is 14.8 Å². The van der Waals surface area contributed by atoms with Gasteiger partial charge in [-0.25, -0.2) is 14.5 Å². The van der Waals surface area contributed by atoms with Crippen LogP contribution in [0.4, 0.5) is 5.69 Å². The minimum Gasteiger partial charge on any atom is -0.449 e. The maximum Gasteiger partial charge on any atom is 0.340 e. The molecule has 0 spiro atoms. The number of nitrogens with one attached hydrogen (secondary N) is 1. The van der Waals surface area contributed by atoms with E-state index in [1.165, 1.54) is 37.4 Å². The summed E-state index contributed by atoms with van der Waals surface area (Å²) in [4.78, 5) is 39.9. The van der Waals surface area contributed by atoms with Gasteiger partial charge < -0.3 is 15.8 Å². The fourth-order valence-electron chi connectivity index (χ4n) is 2.74. The number of aryl methyl sites for hydroxylation is 2. The fourth-order valence-corrected chi connectivity index (χ4v) is 2.74. The first-order chi connectivity index (χ1) is 14.2. The number of hydrogen-bond donors (Lipinski definition) is 2. The second-order valence-electron chi connectivity index (χ2n) is 6.72. The monoisotopic (exact) mass is 407 g/mol. The number of nitrogens with zero attached hydrogens (tertiary/aromatic N) is 3. The van der Waals surface area contributed by atoms with Crippen LogP contribution in [0.3, 0.4) is 0 Å². The predicted octanol–water partition coefficient (Wildman–Crippen LogP) is 2.17. The van der Waals surface area contributed by atoms with Gasteiger partial charge in [-0.3, -0.25) is 9.59 Å². The summed E-state index contributed by atoms with van der Waals surface area (Å²) in [5, 5.41) is 6.95. The molecule has 1 aromatic carbocycles. The molecule has 3 aromatic rings. The maximum atomic E-state index is 12.3. The minimum atomic E-state index is -1.04. The van der Waals surface area contributed by atoms with Gasteiger partial charge in [0.2, 0.25) is 5.91 Å². The smallest absolute Gasteiger partial charge is 0.340 e. The van der Waals surface area contributed by atoms with Gasteiger partial charge in [-0.05, 0) is 63.2 Å². The van der Waals surface area contributed by atoms with Crippen LogP contribution in [0.15, 0.2) is 48.7 Å². The Morgan fingerprint density at radius 2 is 1.73 bits per heavy atom. The van der Waals surface area contributed by atoms with Crippen LogP contribution in [-0.4, -0.2) is 38.7 Å². The van der Waals surface area contributed by atoms with Crippen molar-refractivity contribution >= 4 is 23.5 Å². The van der Waals surface area contributed by atoms with Gasteiger partial charge in [-0.1, -0.05) is 0 Å². The number of carbonyl (C=O) groups excluding carboxylic acids is 3. The van der Waals surface area contributed by atoms with Crippen molar-refractivity contribution in [1.29, 1.82) is 0 Å². The highest BCUT2D eigenvalue weighted by molar-refractivity contribution is 5.98. The number of rotatable bonds is 6. The molecular formula is C21H21N5O4. The first-order valence-electron chi connectivity index (χ1n) is 9.16. The zero-order chi connectivity index (χ0) is 21.8. The minimum absolute atomic E-state index is 0.214. The highest BCUT2D eigenvalue weighted by Gasteiger charge is 2.19. The van der Waals surface area contributed by atoms with Crippen molar-refractivity contribution in [3.05, 3.63) is 71.2 Å². The molecule has 0 saturated carbocycles. The normalized spacial score (nSPS) is 11.6. The largest absolute Gasteiger partial charge is 0.449 e. The van der Waals surface area contributed by atoms with Gasteiger partial charge in [0.1, 0.15) is 0 Å². The number of amides is 2. The SMILES string of the molecule is Cc1cc(C)n(-c2ccc(C(=O)OC(C)C(=O)Nc3ccc(C(N)=O)cc3)cn2)n1. The average Bonchev–Trinajstić information content (AvgIpc) is 3.06. The summed E-state index contributed by atoms with van der Waals surface area (Å²) >= 11 is 0. The van der Waals surface area contributed by atoms with Gasteiger partial charge in [0.05, 0.1) is 11.3 Å². The highest BCUT2D eigenvalue weighted by Crippen LogP contribution is 2.13. The third kappa shape index (κ3) is 4.69. The van der Waals surface area contributed by atoms with E-state index in [-0.39, 0.29) is 5.56 Å². The van der Waals surface area contributed by atoms with E-state index < -0.39 is 23.9 Å². The van der Waals surface area contributed by atoms with Crippen LogP contribution in [0.1, 0.15) is 39.0 Å². The van der Waals surface area contributed by atoms with Crippen LogP contribution in [0.2, 0.25) is 0 Å². The Morgan fingerprint density at radius 1 is 1.07 bits per heavy atom. The Bertz CT molecular complexity index is 1090. The molecule has 154 valence electrons. The van der Waals surface area contributed by atoms with Crippen LogP contribution >= 0.6 is 0 Å². The lowest BCUT2D eigenvalue weighted by atomic mass is 10.2. The fraction of sp³-hybridized carbons (Fsp3) is 0.190. The predicted molar refractivity (Wildman–Crippen MR) is 109 cm³/mol. The van der Waals surface area contributed by atoms with E-state index in [2.05, 4.69) is 15.4 Å².